The Morgan fingerprint density at radius 1 is 1.43 bits per heavy atom. The Bertz CT molecular complexity index is 522. The van der Waals surface area contributed by atoms with E-state index in [1.807, 2.05) is 6.92 Å². The molecule has 1 fully saturated rings. The highest BCUT2D eigenvalue weighted by molar-refractivity contribution is 6.36. The number of halogens is 2. The molecule has 114 valence electrons. The molecule has 0 aromatic heterocycles. The number of hydrogen-bond donors (Lipinski definition) is 1. The monoisotopic (exact) mass is 329 g/mol. The Balaban J connectivity index is 0.000000235. The molecule has 1 heterocycles. The Labute approximate surface area is 134 Å². The van der Waals surface area contributed by atoms with E-state index < -0.39 is 6.10 Å². The van der Waals surface area contributed by atoms with Crippen LogP contribution in [0.25, 0.3) is 0 Å². The summed E-state index contributed by atoms with van der Waals surface area (Å²) < 4.78 is 5.00. The number of carbonyl (C=O) groups excluding carboxylic acids is 1. The SMILES string of the molecule is C#CC(O)c1c(Cl)ccc(C)c1Cl.O=CN1CCOCC1. The lowest BCUT2D eigenvalue weighted by molar-refractivity contribution is -0.121. The maximum atomic E-state index is 10.0. The zero-order chi connectivity index (χ0) is 15.8. The van der Waals surface area contributed by atoms with Gasteiger partial charge in [0.25, 0.3) is 0 Å². The molecule has 1 amide bonds. The third kappa shape index (κ3) is 5.22. The largest absolute Gasteiger partial charge is 0.378 e. The molecular weight excluding hydrogens is 313 g/mol. The van der Waals surface area contributed by atoms with Crippen molar-refractivity contribution in [3.63, 3.8) is 0 Å². The first kappa shape index (κ1) is 17.8. The Morgan fingerprint density at radius 2 is 2.05 bits per heavy atom. The minimum Gasteiger partial charge on any atom is -0.378 e. The lowest BCUT2D eigenvalue weighted by atomic mass is 10.1. The molecule has 0 bridgehead atoms. The number of nitrogens with zero attached hydrogens (tertiary/aromatic N) is 1. The molecule has 1 saturated heterocycles. The first-order chi connectivity index (χ1) is 10.0. The summed E-state index contributed by atoms with van der Waals surface area (Å²) in [5.41, 5.74) is 1.25. The molecule has 21 heavy (non-hydrogen) atoms. The van der Waals surface area contributed by atoms with Gasteiger partial charge in [0, 0.05) is 23.7 Å². The fourth-order valence-corrected chi connectivity index (χ4v) is 2.27. The van der Waals surface area contributed by atoms with Crippen LogP contribution in [0.3, 0.4) is 0 Å². The third-order valence-electron chi connectivity index (χ3n) is 2.95. The van der Waals surface area contributed by atoms with Gasteiger partial charge in [-0.2, -0.15) is 0 Å². The van der Waals surface area contributed by atoms with Crippen LogP contribution in [0.2, 0.25) is 10.0 Å². The number of rotatable bonds is 2. The molecule has 4 nitrogen and oxygen atoms in total. The fourth-order valence-electron chi connectivity index (χ4n) is 1.70. The van der Waals surface area contributed by atoms with Crippen LogP contribution in [-0.2, 0) is 9.53 Å². The molecule has 0 saturated carbocycles. The van der Waals surface area contributed by atoms with Crippen LogP contribution in [0.4, 0.5) is 0 Å². The highest BCUT2D eigenvalue weighted by Gasteiger charge is 2.14. The smallest absolute Gasteiger partial charge is 0.209 e. The van der Waals surface area contributed by atoms with Gasteiger partial charge in [0.15, 0.2) is 0 Å². The van der Waals surface area contributed by atoms with Gasteiger partial charge in [-0.05, 0) is 18.6 Å². The molecule has 6 heteroatoms. The van der Waals surface area contributed by atoms with Crippen molar-refractivity contribution in [2.24, 2.45) is 0 Å². The first-order valence-corrected chi connectivity index (χ1v) is 7.12. The number of aliphatic hydroxyl groups excluding tert-OH is 1. The minimum absolute atomic E-state index is 0.390. The zero-order valence-electron chi connectivity index (χ0n) is 11.7. The van der Waals surface area contributed by atoms with Crippen molar-refractivity contribution in [1.82, 2.24) is 4.90 Å². The van der Waals surface area contributed by atoms with Gasteiger partial charge in [-0.3, -0.25) is 4.79 Å². The zero-order valence-corrected chi connectivity index (χ0v) is 13.2. The molecule has 1 unspecified atom stereocenters. The number of amides is 1. The molecule has 1 aromatic carbocycles. The van der Waals surface area contributed by atoms with Crippen LogP contribution >= 0.6 is 23.2 Å². The number of carbonyl (C=O) groups is 1. The van der Waals surface area contributed by atoms with Gasteiger partial charge in [-0.25, -0.2) is 0 Å². The maximum absolute atomic E-state index is 10.0. The summed E-state index contributed by atoms with van der Waals surface area (Å²) in [6.45, 7) is 4.72. The number of ether oxygens (including phenoxy) is 1. The van der Waals surface area contributed by atoms with Crippen LogP contribution in [0.15, 0.2) is 12.1 Å². The number of terminal acetylenes is 1. The lowest BCUT2D eigenvalue weighted by Crippen LogP contribution is -2.34. The molecule has 1 atom stereocenters. The van der Waals surface area contributed by atoms with Crippen LogP contribution < -0.4 is 0 Å². The summed E-state index contributed by atoms with van der Waals surface area (Å²) in [5.74, 6) is 2.18. The second-order valence-corrected chi connectivity index (χ2v) is 5.20. The topological polar surface area (TPSA) is 49.8 Å². The predicted octanol–water partition coefficient (Wildman–Crippen LogP) is 2.44. The highest BCUT2D eigenvalue weighted by Crippen LogP contribution is 2.32. The molecule has 0 radical (unpaired) electrons. The van der Waals surface area contributed by atoms with Crippen LogP contribution in [0.5, 0.6) is 0 Å². The minimum atomic E-state index is -1.04. The van der Waals surface area contributed by atoms with E-state index in [4.69, 9.17) is 34.4 Å². The van der Waals surface area contributed by atoms with Gasteiger partial charge >= 0.3 is 0 Å². The number of aryl methyl sites for hydroxylation is 1. The number of aliphatic hydroxyl groups is 1. The first-order valence-electron chi connectivity index (χ1n) is 6.37. The lowest BCUT2D eigenvalue weighted by Gasteiger charge is -2.21. The predicted molar refractivity (Wildman–Crippen MR) is 83.4 cm³/mol. The molecule has 1 N–H and O–H groups in total. The maximum Gasteiger partial charge on any atom is 0.209 e. The number of morpholine rings is 1. The molecule has 2 rings (SSSR count). The third-order valence-corrected chi connectivity index (χ3v) is 3.78. The average Bonchev–Trinajstić information content (AvgIpc) is 2.52. The normalized spacial score (nSPS) is 15.5. The van der Waals surface area contributed by atoms with Crippen molar-refractivity contribution in [3.05, 3.63) is 33.3 Å². The summed E-state index contributed by atoms with van der Waals surface area (Å²) in [4.78, 5) is 11.7. The Kier molecular flexibility index (Phi) is 7.55. The molecule has 0 aliphatic carbocycles. The second-order valence-electron chi connectivity index (χ2n) is 4.41. The van der Waals surface area contributed by atoms with Crippen LogP contribution in [0.1, 0.15) is 17.2 Å². The quantitative estimate of drug-likeness (QED) is 0.669. The Hall–Kier alpha value is -1.25. The van der Waals surface area contributed by atoms with Crippen LogP contribution in [-0.4, -0.2) is 42.7 Å². The van der Waals surface area contributed by atoms with Crippen molar-refractivity contribution in [1.29, 1.82) is 0 Å². The van der Waals surface area contributed by atoms with E-state index in [0.717, 1.165) is 25.1 Å². The number of hydrogen-bond acceptors (Lipinski definition) is 3. The summed E-state index contributed by atoms with van der Waals surface area (Å²) >= 11 is 11.8. The summed E-state index contributed by atoms with van der Waals surface area (Å²) in [6.07, 6.45) is 4.90. The van der Waals surface area contributed by atoms with E-state index in [-0.39, 0.29) is 0 Å². The van der Waals surface area contributed by atoms with E-state index in [1.165, 1.54) is 0 Å². The standard InChI is InChI=1S/C10H8Cl2O.C5H9NO2/c1-3-8(13)9-7(11)5-4-6(2)10(9)12;7-5-6-1-3-8-4-2-6/h1,4-5,8,13H,2H3;5H,1-4H2. The molecule has 1 aliphatic rings. The van der Waals surface area contributed by atoms with Crippen molar-refractivity contribution in [2.45, 2.75) is 13.0 Å². The second kappa shape index (κ2) is 8.91. The van der Waals surface area contributed by atoms with Gasteiger partial charge in [0.2, 0.25) is 6.41 Å². The van der Waals surface area contributed by atoms with E-state index in [0.29, 0.717) is 28.8 Å². The summed E-state index contributed by atoms with van der Waals surface area (Å²) in [6, 6.07) is 3.44. The van der Waals surface area contributed by atoms with Crippen molar-refractivity contribution in [2.75, 3.05) is 26.3 Å². The van der Waals surface area contributed by atoms with Gasteiger partial charge in [0.05, 0.1) is 18.2 Å². The van der Waals surface area contributed by atoms with Crippen molar-refractivity contribution in [3.8, 4) is 12.3 Å². The van der Waals surface area contributed by atoms with Gasteiger partial charge in [0.1, 0.15) is 6.10 Å². The van der Waals surface area contributed by atoms with E-state index in [1.54, 1.807) is 17.0 Å². The van der Waals surface area contributed by atoms with E-state index in [9.17, 15) is 9.90 Å². The molecule has 0 spiro atoms. The van der Waals surface area contributed by atoms with Gasteiger partial charge in [-0.15, -0.1) is 6.42 Å². The van der Waals surface area contributed by atoms with E-state index >= 15 is 0 Å². The number of benzene rings is 1. The van der Waals surface area contributed by atoms with Gasteiger partial charge in [-0.1, -0.05) is 35.2 Å². The Morgan fingerprint density at radius 3 is 2.52 bits per heavy atom. The molecular formula is C15H17Cl2NO3. The van der Waals surface area contributed by atoms with Crippen molar-refractivity contribution < 1.29 is 14.6 Å². The van der Waals surface area contributed by atoms with Gasteiger partial charge < -0.3 is 14.7 Å². The average molecular weight is 330 g/mol. The highest BCUT2D eigenvalue weighted by atomic mass is 35.5. The summed E-state index contributed by atoms with van der Waals surface area (Å²) in [5, 5.41) is 10.2. The van der Waals surface area contributed by atoms with Crippen LogP contribution in [0, 0.1) is 19.3 Å². The fraction of sp³-hybridized carbons (Fsp3) is 0.400. The molecule has 1 aliphatic heterocycles. The molecule has 1 aromatic rings. The van der Waals surface area contributed by atoms with Crippen molar-refractivity contribution >= 4 is 29.6 Å². The summed E-state index contributed by atoms with van der Waals surface area (Å²) in [7, 11) is 0. The van der Waals surface area contributed by atoms with E-state index in [2.05, 4.69) is 5.92 Å².